The third-order valence-corrected chi connectivity index (χ3v) is 2.73. The second-order valence-electron chi connectivity index (χ2n) is 4.40. The van der Waals surface area contributed by atoms with E-state index >= 15 is 0 Å². The number of amides is 1. The molecule has 1 atom stereocenters. The van der Waals surface area contributed by atoms with Gasteiger partial charge in [-0.25, -0.2) is 4.98 Å². The SMILES string of the molecule is CCCCC(C)NC(=O)c1cc([N+](=O)[O-])cnc1N. The molecule has 0 aliphatic rings. The van der Waals surface area contributed by atoms with Gasteiger partial charge in [0.2, 0.25) is 0 Å². The molecule has 1 amide bonds. The minimum atomic E-state index is -0.607. The molecule has 7 heteroatoms. The molecule has 19 heavy (non-hydrogen) atoms. The molecule has 0 radical (unpaired) electrons. The molecule has 104 valence electrons. The third kappa shape index (κ3) is 4.20. The minimum Gasteiger partial charge on any atom is -0.383 e. The maximum Gasteiger partial charge on any atom is 0.288 e. The third-order valence-electron chi connectivity index (χ3n) is 2.73. The molecular weight excluding hydrogens is 248 g/mol. The summed E-state index contributed by atoms with van der Waals surface area (Å²) in [6.07, 6.45) is 3.93. The number of unbranched alkanes of at least 4 members (excludes halogenated alkanes) is 1. The molecule has 1 rings (SSSR count). The quantitative estimate of drug-likeness (QED) is 0.603. The standard InChI is InChI=1S/C12H18N4O3/c1-3-4-5-8(2)15-12(17)10-6-9(16(18)19)7-14-11(10)13/h6-8H,3-5H2,1-2H3,(H2,13,14)(H,15,17). The Labute approximate surface area is 111 Å². The van der Waals surface area contributed by atoms with Gasteiger partial charge in [0.05, 0.1) is 10.5 Å². The van der Waals surface area contributed by atoms with Crippen molar-refractivity contribution in [2.75, 3.05) is 5.73 Å². The molecule has 0 saturated carbocycles. The Balaban J connectivity index is 2.81. The first kappa shape index (κ1) is 14.9. The summed E-state index contributed by atoms with van der Waals surface area (Å²) in [6, 6.07) is 1.13. The number of carbonyl (C=O) groups is 1. The lowest BCUT2D eigenvalue weighted by Crippen LogP contribution is -2.33. The van der Waals surface area contributed by atoms with Gasteiger partial charge in [0.25, 0.3) is 11.6 Å². The van der Waals surface area contributed by atoms with Gasteiger partial charge < -0.3 is 11.1 Å². The number of nitro groups is 1. The number of nitrogens with one attached hydrogen (secondary N) is 1. The number of carbonyl (C=O) groups excluding carboxylic acids is 1. The molecule has 0 aromatic carbocycles. The van der Waals surface area contributed by atoms with Gasteiger partial charge in [0.15, 0.2) is 0 Å². The molecule has 0 bridgehead atoms. The average Bonchev–Trinajstić information content (AvgIpc) is 2.36. The van der Waals surface area contributed by atoms with Crippen LogP contribution < -0.4 is 11.1 Å². The molecule has 1 unspecified atom stereocenters. The van der Waals surface area contributed by atoms with E-state index < -0.39 is 10.8 Å². The van der Waals surface area contributed by atoms with Gasteiger partial charge >= 0.3 is 0 Å². The summed E-state index contributed by atoms with van der Waals surface area (Å²) in [5, 5.41) is 13.4. The highest BCUT2D eigenvalue weighted by Gasteiger charge is 2.17. The topological polar surface area (TPSA) is 111 Å². The Morgan fingerprint density at radius 1 is 1.63 bits per heavy atom. The molecule has 1 aromatic heterocycles. The van der Waals surface area contributed by atoms with Crippen molar-refractivity contribution in [3.8, 4) is 0 Å². The lowest BCUT2D eigenvalue weighted by atomic mass is 10.1. The van der Waals surface area contributed by atoms with E-state index in [0.717, 1.165) is 31.5 Å². The number of rotatable bonds is 6. The Morgan fingerprint density at radius 3 is 2.89 bits per heavy atom. The van der Waals surface area contributed by atoms with Gasteiger partial charge in [-0.3, -0.25) is 14.9 Å². The van der Waals surface area contributed by atoms with E-state index in [2.05, 4.69) is 17.2 Å². The van der Waals surface area contributed by atoms with Crippen LogP contribution in [0.2, 0.25) is 0 Å². The summed E-state index contributed by atoms with van der Waals surface area (Å²) in [4.78, 5) is 25.7. The van der Waals surface area contributed by atoms with Crippen molar-refractivity contribution in [1.82, 2.24) is 10.3 Å². The number of aromatic nitrogens is 1. The summed E-state index contributed by atoms with van der Waals surface area (Å²) in [6.45, 7) is 3.95. The van der Waals surface area contributed by atoms with Crippen molar-refractivity contribution in [3.05, 3.63) is 27.9 Å². The van der Waals surface area contributed by atoms with E-state index in [1.807, 2.05) is 6.92 Å². The second-order valence-corrected chi connectivity index (χ2v) is 4.40. The normalized spacial score (nSPS) is 11.9. The molecule has 3 N–H and O–H groups in total. The molecular formula is C12H18N4O3. The molecule has 0 aliphatic heterocycles. The number of hydrogen-bond donors (Lipinski definition) is 2. The van der Waals surface area contributed by atoms with Crippen LogP contribution in [0.5, 0.6) is 0 Å². The van der Waals surface area contributed by atoms with E-state index in [4.69, 9.17) is 5.73 Å². The van der Waals surface area contributed by atoms with Crippen molar-refractivity contribution in [3.63, 3.8) is 0 Å². The highest BCUT2D eigenvalue weighted by atomic mass is 16.6. The van der Waals surface area contributed by atoms with Gasteiger partial charge in [-0.2, -0.15) is 0 Å². The van der Waals surface area contributed by atoms with E-state index in [0.29, 0.717) is 0 Å². The van der Waals surface area contributed by atoms with Crippen LogP contribution >= 0.6 is 0 Å². The zero-order chi connectivity index (χ0) is 14.4. The first-order valence-electron chi connectivity index (χ1n) is 6.16. The van der Waals surface area contributed by atoms with E-state index in [9.17, 15) is 14.9 Å². The number of anilines is 1. The van der Waals surface area contributed by atoms with Gasteiger partial charge in [-0.1, -0.05) is 19.8 Å². The Hall–Kier alpha value is -2.18. The van der Waals surface area contributed by atoms with Crippen molar-refractivity contribution < 1.29 is 9.72 Å². The van der Waals surface area contributed by atoms with Crippen LogP contribution in [0.1, 0.15) is 43.5 Å². The van der Waals surface area contributed by atoms with Crippen LogP contribution in [0, 0.1) is 10.1 Å². The lowest BCUT2D eigenvalue weighted by molar-refractivity contribution is -0.385. The number of pyridine rings is 1. The van der Waals surface area contributed by atoms with E-state index in [1.54, 1.807) is 0 Å². The highest BCUT2D eigenvalue weighted by molar-refractivity contribution is 5.99. The average molecular weight is 266 g/mol. The zero-order valence-electron chi connectivity index (χ0n) is 11.0. The number of nitrogens with zero attached hydrogens (tertiary/aromatic N) is 2. The fourth-order valence-corrected chi connectivity index (χ4v) is 1.63. The molecule has 0 aliphatic carbocycles. The Bertz CT molecular complexity index is 476. The van der Waals surface area contributed by atoms with Crippen molar-refractivity contribution in [2.45, 2.75) is 39.2 Å². The molecule has 1 heterocycles. The lowest BCUT2D eigenvalue weighted by Gasteiger charge is -2.13. The summed E-state index contributed by atoms with van der Waals surface area (Å²) in [5.41, 5.74) is 5.36. The van der Waals surface area contributed by atoms with Crippen LogP contribution in [-0.2, 0) is 0 Å². The zero-order valence-corrected chi connectivity index (χ0v) is 11.0. The maximum atomic E-state index is 12.0. The van der Waals surface area contributed by atoms with E-state index in [1.165, 1.54) is 0 Å². The van der Waals surface area contributed by atoms with Crippen molar-refractivity contribution in [2.24, 2.45) is 0 Å². The fraction of sp³-hybridized carbons (Fsp3) is 0.500. The summed E-state index contributed by atoms with van der Waals surface area (Å²) < 4.78 is 0. The summed E-state index contributed by atoms with van der Waals surface area (Å²) in [7, 11) is 0. The highest BCUT2D eigenvalue weighted by Crippen LogP contribution is 2.17. The first-order chi connectivity index (χ1) is 8.95. The molecule has 1 aromatic rings. The number of nitrogen functional groups attached to an aromatic ring is 1. The minimum absolute atomic E-state index is 0.00823. The predicted molar refractivity (Wildman–Crippen MR) is 71.8 cm³/mol. The molecule has 7 nitrogen and oxygen atoms in total. The van der Waals surface area contributed by atoms with Crippen LogP contribution in [0.15, 0.2) is 12.3 Å². The Kier molecular flexibility index (Phi) is 5.23. The van der Waals surface area contributed by atoms with E-state index in [-0.39, 0.29) is 23.1 Å². The van der Waals surface area contributed by atoms with Crippen LogP contribution in [0.25, 0.3) is 0 Å². The maximum absolute atomic E-state index is 12.0. The van der Waals surface area contributed by atoms with Crippen molar-refractivity contribution >= 4 is 17.4 Å². The van der Waals surface area contributed by atoms with Gasteiger partial charge in [-0.05, 0) is 13.3 Å². The smallest absolute Gasteiger partial charge is 0.288 e. The first-order valence-corrected chi connectivity index (χ1v) is 6.16. The largest absolute Gasteiger partial charge is 0.383 e. The number of hydrogen-bond acceptors (Lipinski definition) is 5. The van der Waals surface area contributed by atoms with Gasteiger partial charge in [0, 0.05) is 12.1 Å². The van der Waals surface area contributed by atoms with Gasteiger partial charge in [-0.15, -0.1) is 0 Å². The fourth-order valence-electron chi connectivity index (χ4n) is 1.63. The van der Waals surface area contributed by atoms with Gasteiger partial charge in [0.1, 0.15) is 12.0 Å². The van der Waals surface area contributed by atoms with Crippen molar-refractivity contribution in [1.29, 1.82) is 0 Å². The van der Waals surface area contributed by atoms with Crippen LogP contribution in [0.3, 0.4) is 0 Å². The van der Waals surface area contributed by atoms with Crippen LogP contribution in [-0.4, -0.2) is 21.9 Å². The Morgan fingerprint density at radius 2 is 2.32 bits per heavy atom. The predicted octanol–water partition coefficient (Wildman–Crippen LogP) is 1.88. The molecule has 0 fully saturated rings. The monoisotopic (exact) mass is 266 g/mol. The number of nitrogens with two attached hydrogens (primary N) is 1. The summed E-state index contributed by atoms with van der Waals surface area (Å²) >= 11 is 0. The summed E-state index contributed by atoms with van der Waals surface area (Å²) in [5.74, 6) is -0.442. The molecule has 0 saturated heterocycles. The molecule has 0 spiro atoms. The second kappa shape index (κ2) is 6.67. The van der Waals surface area contributed by atoms with Crippen LogP contribution in [0.4, 0.5) is 11.5 Å².